The van der Waals surface area contributed by atoms with Crippen LogP contribution in [-0.2, 0) is 14.2 Å². The van der Waals surface area contributed by atoms with Crippen LogP contribution in [0.3, 0.4) is 0 Å². The van der Waals surface area contributed by atoms with E-state index in [0.717, 1.165) is 52.9 Å². The second-order valence-electron chi connectivity index (χ2n) is 9.07. The number of nitrogens with one attached hydrogen (secondary N) is 1. The third kappa shape index (κ3) is 10.6. The molecule has 2 saturated heterocycles. The first kappa shape index (κ1) is 31.7. The molecule has 3 N–H and O–H groups in total. The summed E-state index contributed by atoms with van der Waals surface area (Å²) in [4.78, 5) is 2.36. The lowest BCUT2D eigenvalue weighted by molar-refractivity contribution is 0.0484. The van der Waals surface area contributed by atoms with Crippen molar-refractivity contribution >= 4 is 37.5 Å². The standard InChI is InChI=1S/C13H20N2O2.C9H11BrO2.C8H7BrO/c1-17-13(10-16)11-2-4-12(5-3-11)15-8-6-14-7-9-15;1-12-9(6-11)7-2-4-8(10)5-3-7;9-7-3-1-6(2-4-7)8-5-10-8/h2-5,13-14,16H,6-10H2,1H3;2-5,9,11H,6H2,1H3;1-4,8H,5H2. The Bertz CT molecular complexity index is 1070. The van der Waals surface area contributed by atoms with Crippen LogP contribution in [0.25, 0.3) is 0 Å². The van der Waals surface area contributed by atoms with Gasteiger partial charge in [-0.15, -0.1) is 0 Å². The Balaban J connectivity index is 0.000000168. The summed E-state index contributed by atoms with van der Waals surface area (Å²) in [6.45, 7) is 5.10. The maximum atomic E-state index is 9.15. The molecule has 0 spiro atoms. The van der Waals surface area contributed by atoms with Crippen LogP contribution >= 0.6 is 31.9 Å². The Kier molecular flexibility index (Phi) is 13.9. The van der Waals surface area contributed by atoms with Crippen LogP contribution in [0, 0.1) is 0 Å². The molecule has 3 aromatic rings. The minimum atomic E-state index is -0.216. The monoisotopic (exact) mass is 664 g/mol. The lowest BCUT2D eigenvalue weighted by Gasteiger charge is -2.29. The van der Waals surface area contributed by atoms with Crippen molar-refractivity contribution in [3.63, 3.8) is 0 Å². The van der Waals surface area contributed by atoms with E-state index in [0.29, 0.717) is 6.10 Å². The van der Waals surface area contributed by atoms with Gasteiger partial charge in [-0.05, 0) is 53.1 Å². The molecule has 0 bridgehead atoms. The molecule has 9 heteroatoms. The highest BCUT2D eigenvalue weighted by Gasteiger charge is 2.24. The third-order valence-corrected chi connectivity index (χ3v) is 7.52. The molecule has 0 amide bonds. The maximum absolute atomic E-state index is 9.15. The molecule has 0 radical (unpaired) electrons. The molecule has 3 unspecified atom stereocenters. The Morgan fingerprint density at radius 2 is 1.23 bits per heavy atom. The first-order valence-electron chi connectivity index (χ1n) is 12.9. The molecular formula is C30H38Br2N2O5. The minimum absolute atomic E-state index is 0.0120. The van der Waals surface area contributed by atoms with Gasteiger partial charge in [-0.2, -0.15) is 0 Å². The molecule has 2 heterocycles. The average molecular weight is 666 g/mol. The number of epoxide rings is 1. The summed E-state index contributed by atoms with van der Waals surface area (Å²) in [5.74, 6) is 0. The topological polar surface area (TPSA) is 86.7 Å². The summed E-state index contributed by atoms with van der Waals surface area (Å²) in [6.07, 6.45) is -0.0433. The highest BCUT2D eigenvalue weighted by atomic mass is 79.9. The van der Waals surface area contributed by atoms with Gasteiger partial charge in [0.05, 0.1) is 19.8 Å². The summed E-state index contributed by atoms with van der Waals surface area (Å²) in [5.41, 5.74) is 4.53. The number of hydrogen-bond donors (Lipinski definition) is 3. The molecule has 7 nitrogen and oxygen atoms in total. The molecule has 212 valence electrons. The molecule has 0 saturated carbocycles. The van der Waals surface area contributed by atoms with Crippen molar-refractivity contribution in [3.8, 4) is 0 Å². The zero-order valence-corrected chi connectivity index (χ0v) is 25.6. The minimum Gasteiger partial charge on any atom is -0.393 e. The van der Waals surface area contributed by atoms with Gasteiger partial charge < -0.3 is 34.6 Å². The van der Waals surface area contributed by atoms with Gasteiger partial charge in [-0.25, -0.2) is 0 Å². The van der Waals surface area contributed by atoms with E-state index >= 15 is 0 Å². The SMILES string of the molecule is Brc1ccc(C2CO2)cc1.COC(CO)c1ccc(Br)cc1.COC(CO)c1ccc(N2CCNCC2)cc1. The van der Waals surface area contributed by atoms with Crippen LogP contribution in [0.15, 0.2) is 81.7 Å². The molecular weight excluding hydrogens is 628 g/mol. The fraction of sp³-hybridized carbons (Fsp3) is 0.400. The van der Waals surface area contributed by atoms with Crippen LogP contribution < -0.4 is 10.2 Å². The van der Waals surface area contributed by atoms with Crippen molar-refractivity contribution in [2.45, 2.75) is 18.3 Å². The van der Waals surface area contributed by atoms with Gasteiger partial charge in [0.15, 0.2) is 0 Å². The second-order valence-corrected chi connectivity index (χ2v) is 10.9. The molecule has 3 aromatic carbocycles. The number of benzene rings is 3. The molecule has 3 atom stereocenters. The van der Waals surface area contributed by atoms with Crippen molar-refractivity contribution in [3.05, 3.63) is 98.4 Å². The molecule has 5 rings (SSSR count). The third-order valence-electron chi connectivity index (χ3n) is 6.46. The summed E-state index contributed by atoms with van der Waals surface area (Å²) in [5, 5.41) is 21.4. The Labute approximate surface area is 248 Å². The van der Waals surface area contributed by atoms with Crippen molar-refractivity contribution in [1.29, 1.82) is 0 Å². The van der Waals surface area contributed by atoms with E-state index < -0.39 is 0 Å². The predicted octanol–water partition coefficient (Wildman–Crippen LogP) is 5.43. The zero-order chi connectivity index (χ0) is 28.0. The summed E-state index contributed by atoms with van der Waals surface area (Å²) in [6, 6.07) is 24.2. The fourth-order valence-electron chi connectivity index (χ4n) is 4.05. The highest BCUT2D eigenvalue weighted by molar-refractivity contribution is 9.10. The lowest BCUT2D eigenvalue weighted by Crippen LogP contribution is -2.43. The number of hydrogen-bond acceptors (Lipinski definition) is 7. The Morgan fingerprint density at radius 3 is 1.64 bits per heavy atom. The second kappa shape index (κ2) is 17.1. The van der Waals surface area contributed by atoms with Crippen molar-refractivity contribution in [2.24, 2.45) is 0 Å². The smallest absolute Gasteiger partial charge is 0.106 e. The fourth-order valence-corrected chi connectivity index (χ4v) is 4.58. The molecule has 39 heavy (non-hydrogen) atoms. The first-order chi connectivity index (χ1) is 19.0. The van der Waals surface area contributed by atoms with E-state index in [-0.39, 0.29) is 25.4 Å². The number of aliphatic hydroxyl groups excluding tert-OH is 2. The quantitative estimate of drug-likeness (QED) is 0.277. The van der Waals surface area contributed by atoms with Gasteiger partial charge in [-0.3, -0.25) is 0 Å². The van der Waals surface area contributed by atoms with Gasteiger partial charge >= 0.3 is 0 Å². The Morgan fingerprint density at radius 1 is 0.795 bits per heavy atom. The van der Waals surface area contributed by atoms with Gasteiger partial charge in [-0.1, -0.05) is 68.3 Å². The molecule has 0 aliphatic carbocycles. The van der Waals surface area contributed by atoms with Crippen LogP contribution in [0.4, 0.5) is 5.69 Å². The summed E-state index contributed by atoms with van der Waals surface area (Å²) < 4.78 is 17.5. The molecule has 2 aliphatic heterocycles. The number of methoxy groups -OCH3 is 2. The predicted molar refractivity (Wildman–Crippen MR) is 162 cm³/mol. The first-order valence-corrected chi connectivity index (χ1v) is 14.5. The summed E-state index contributed by atoms with van der Waals surface area (Å²) in [7, 11) is 3.20. The number of aliphatic hydroxyl groups is 2. The van der Waals surface area contributed by atoms with Gasteiger partial charge in [0, 0.05) is 55.0 Å². The largest absolute Gasteiger partial charge is 0.393 e. The van der Waals surface area contributed by atoms with E-state index in [2.05, 4.69) is 66.3 Å². The van der Waals surface area contributed by atoms with Gasteiger partial charge in [0.2, 0.25) is 0 Å². The van der Waals surface area contributed by atoms with Crippen molar-refractivity contribution in [2.75, 3.05) is 65.1 Å². The van der Waals surface area contributed by atoms with Crippen LogP contribution in [-0.4, -0.2) is 70.4 Å². The van der Waals surface area contributed by atoms with Crippen LogP contribution in [0.2, 0.25) is 0 Å². The van der Waals surface area contributed by atoms with Crippen molar-refractivity contribution < 1.29 is 24.4 Å². The number of halogens is 2. The van der Waals surface area contributed by atoms with E-state index in [9.17, 15) is 0 Å². The van der Waals surface area contributed by atoms with E-state index in [4.69, 9.17) is 24.4 Å². The average Bonchev–Trinajstić information content (AvgIpc) is 3.83. The molecule has 0 aromatic heterocycles. The number of piperazine rings is 1. The number of ether oxygens (including phenoxy) is 3. The summed E-state index contributed by atoms with van der Waals surface area (Å²) >= 11 is 6.71. The van der Waals surface area contributed by atoms with Crippen LogP contribution in [0.5, 0.6) is 0 Å². The number of nitrogens with zero attached hydrogens (tertiary/aromatic N) is 1. The maximum Gasteiger partial charge on any atom is 0.106 e. The van der Waals surface area contributed by atoms with Crippen LogP contribution in [0.1, 0.15) is 35.0 Å². The zero-order valence-electron chi connectivity index (χ0n) is 22.4. The normalized spacial score (nSPS) is 17.7. The van der Waals surface area contributed by atoms with Crippen molar-refractivity contribution in [1.82, 2.24) is 5.32 Å². The van der Waals surface area contributed by atoms with Gasteiger partial charge in [0.25, 0.3) is 0 Å². The van der Waals surface area contributed by atoms with E-state index in [1.165, 1.54) is 11.3 Å². The van der Waals surface area contributed by atoms with E-state index in [1.54, 1.807) is 14.2 Å². The van der Waals surface area contributed by atoms with E-state index in [1.807, 2.05) is 48.5 Å². The Hall–Kier alpha value is -1.82. The number of rotatable bonds is 8. The molecule has 2 fully saturated rings. The molecule has 2 aliphatic rings. The number of anilines is 1. The van der Waals surface area contributed by atoms with Gasteiger partial charge in [0.1, 0.15) is 18.3 Å². The lowest BCUT2D eigenvalue weighted by atomic mass is 10.1. The highest BCUT2D eigenvalue weighted by Crippen LogP contribution is 2.30.